The molecule has 1 fully saturated rings. The Morgan fingerprint density at radius 3 is 2.68 bits per heavy atom. The second-order valence-corrected chi connectivity index (χ2v) is 5.82. The fourth-order valence-corrected chi connectivity index (χ4v) is 2.80. The van der Waals surface area contributed by atoms with Crippen molar-refractivity contribution in [1.29, 1.82) is 0 Å². The number of nitrogens with two attached hydrogens (primary N) is 1. The van der Waals surface area contributed by atoms with Gasteiger partial charge in [-0.05, 0) is 50.2 Å². The SMILES string of the molecule is CN(CCN1CCCC1)Cc1ccc(CN)cc1Cl. The molecule has 2 N–H and O–H groups in total. The molecule has 0 spiro atoms. The van der Waals surface area contributed by atoms with Gasteiger partial charge in [-0.3, -0.25) is 0 Å². The molecule has 0 amide bonds. The van der Waals surface area contributed by atoms with E-state index in [0.717, 1.165) is 30.2 Å². The Kier molecular flexibility index (Phi) is 5.64. The van der Waals surface area contributed by atoms with E-state index in [2.05, 4.69) is 29.0 Å². The summed E-state index contributed by atoms with van der Waals surface area (Å²) in [6.07, 6.45) is 2.71. The van der Waals surface area contributed by atoms with Crippen molar-refractivity contribution in [1.82, 2.24) is 9.80 Å². The average molecular weight is 282 g/mol. The first-order chi connectivity index (χ1) is 9.19. The maximum atomic E-state index is 6.29. The average Bonchev–Trinajstić information content (AvgIpc) is 2.92. The van der Waals surface area contributed by atoms with E-state index in [1.807, 2.05) is 6.07 Å². The molecule has 19 heavy (non-hydrogen) atoms. The molecule has 0 saturated carbocycles. The summed E-state index contributed by atoms with van der Waals surface area (Å²) < 4.78 is 0. The van der Waals surface area contributed by atoms with E-state index in [1.165, 1.54) is 31.5 Å². The van der Waals surface area contributed by atoms with Crippen LogP contribution in [0.1, 0.15) is 24.0 Å². The Morgan fingerprint density at radius 1 is 1.32 bits per heavy atom. The zero-order valence-electron chi connectivity index (χ0n) is 11.7. The van der Waals surface area contributed by atoms with Gasteiger partial charge in [0.1, 0.15) is 0 Å². The molecule has 3 nitrogen and oxygen atoms in total. The smallest absolute Gasteiger partial charge is 0.0454 e. The van der Waals surface area contributed by atoms with Crippen LogP contribution in [0.25, 0.3) is 0 Å². The Bertz CT molecular complexity index is 402. The summed E-state index contributed by atoms with van der Waals surface area (Å²) in [6, 6.07) is 6.14. The predicted molar refractivity (Wildman–Crippen MR) is 81.4 cm³/mol. The molecular weight excluding hydrogens is 258 g/mol. The van der Waals surface area contributed by atoms with E-state index in [0.29, 0.717) is 6.54 Å². The third-order valence-corrected chi connectivity index (χ3v) is 4.14. The summed E-state index contributed by atoms with van der Waals surface area (Å²) in [5.41, 5.74) is 7.89. The summed E-state index contributed by atoms with van der Waals surface area (Å²) in [5, 5.41) is 0.830. The van der Waals surface area contributed by atoms with Crippen molar-refractivity contribution < 1.29 is 0 Å². The van der Waals surface area contributed by atoms with Gasteiger partial charge in [0.05, 0.1) is 0 Å². The number of nitrogens with zero attached hydrogens (tertiary/aromatic N) is 2. The van der Waals surface area contributed by atoms with Crippen LogP contribution in [0.3, 0.4) is 0 Å². The molecule has 0 bridgehead atoms. The van der Waals surface area contributed by atoms with Crippen LogP contribution in [0, 0.1) is 0 Å². The first-order valence-corrected chi connectivity index (χ1v) is 7.45. The second kappa shape index (κ2) is 7.25. The minimum Gasteiger partial charge on any atom is -0.326 e. The number of likely N-dealkylation sites (tertiary alicyclic amines) is 1. The highest BCUT2D eigenvalue weighted by Gasteiger charge is 2.12. The fraction of sp³-hybridized carbons (Fsp3) is 0.600. The van der Waals surface area contributed by atoms with Gasteiger partial charge in [0.2, 0.25) is 0 Å². The molecule has 0 unspecified atom stereocenters. The standard InChI is InChI=1S/C15H24ClN3/c1-18(8-9-19-6-2-3-7-19)12-14-5-4-13(11-17)10-15(14)16/h4-5,10H,2-3,6-9,11-12,17H2,1H3. The summed E-state index contributed by atoms with van der Waals surface area (Å²) >= 11 is 6.29. The molecule has 1 saturated heterocycles. The Labute approximate surface area is 121 Å². The Balaban J connectivity index is 1.82. The third kappa shape index (κ3) is 4.46. The van der Waals surface area contributed by atoms with Gasteiger partial charge in [-0.1, -0.05) is 23.7 Å². The van der Waals surface area contributed by atoms with Crippen molar-refractivity contribution in [2.45, 2.75) is 25.9 Å². The Hall–Kier alpha value is -0.610. The van der Waals surface area contributed by atoms with Crippen LogP contribution < -0.4 is 5.73 Å². The molecule has 106 valence electrons. The third-order valence-electron chi connectivity index (χ3n) is 3.79. The lowest BCUT2D eigenvalue weighted by molar-refractivity contribution is 0.252. The molecule has 0 atom stereocenters. The quantitative estimate of drug-likeness (QED) is 0.869. The van der Waals surface area contributed by atoms with E-state index in [-0.39, 0.29) is 0 Å². The van der Waals surface area contributed by atoms with Crippen LogP contribution in [0.5, 0.6) is 0 Å². The molecule has 1 aromatic carbocycles. The van der Waals surface area contributed by atoms with Gasteiger partial charge in [0.15, 0.2) is 0 Å². The van der Waals surface area contributed by atoms with Gasteiger partial charge < -0.3 is 15.5 Å². The summed E-state index contributed by atoms with van der Waals surface area (Å²) in [4.78, 5) is 4.87. The van der Waals surface area contributed by atoms with E-state index >= 15 is 0 Å². The normalized spacial score (nSPS) is 16.4. The van der Waals surface area contributed by atoms with Crippen molar-refractivity contribution in [3.63, 3.8) is 0 Å². The van der Waals surface area contributed by atoms with E-state index < -0.39 is 0 Å². The molecule has 1 aliphatic heterocycles. The summed E-state index contributed by atoms with van der Waals surface area (Å²) in [7, 11) is 2.16. The van der Waals surface area contributed by atoms with Crippen molar-refractivity contribution in [2.24, 2.45) is 5.73 Å². The number of likely N-dealkylation sites (N-methyl/N-ethyl adjacent to an activating group) is 1. The van der Waals surface area contributed by atoms with E-state index in [4.69, 9.17) is 17.3 Å². The largest absolute Gasteiger partial charge is 0.326 e. The second-order valence-electron chi connectivity index (χ2n) is 5.42. The van der Waals surface area contributed by atoms with Crippen molar-refractivity contribution in [2.75, 3.05) is 33.2 Å². The number of hydrogen-bond donors (Lipinski definition) is 1. The van der Waals surface area contributed by atoms with Gasteiger partial charge in [0, 0.05) is 31.2 Å². The fourth-order valence-electron chi connectivity index (χ4n) is 2.53. The van der Waals surface area contributed by atoms with Crippen LogP contribution in [0.4, 0.5) is 0 Å². The molecule has 1 aliphatic rings. The molecular formula is C15H24ClN3. The monoisotopic (exact) mass is 281 g/mol. The lowest BCUT2D eigenvalue weighted by Gasteiger charge is -2.21. The van der Waals surface area contributed by atoms with Gasteiger partial charge in [-0.15, -0.1) is 0 Å². The van der Waals surface area contributed by atoms with Gasteiger partial charge in [0.25, 0.3) is 0 Å². The molecule has 0 aliphatic carbocycles. The molecule has 1 heterocycles. The van der Waals surface area contributed by atoms with Crippen LogP contribution in [0.2, 0.25) is 5.02 Å². The van der Waals surface area contributed by atoms with E-state index in [9.17, 15) is 0 Å². The van der Waals surface area contributed by atoms with Crippen LogP contribution in [-0.2, 0) is 13.1 Å². The highest BCUT2D eigenvalue weighted by atomic mass is 35.5. The van der Waals surface area contributed by atoms with E-state index in [1.54, 1.807) is 0 Å². The zero-order valence-corrected chi connectivity index (χ0v) is 12.5. The first-order valence-electron chi connectivity index (χ1n) is 7.07. The minimum atomic E-state index is 0.546. The lowest BCUT2D eigenvalue weighted by atomic mass is 10.1. The number of halogens is 1. The highest BCUT2D eigenvalue weighted by Crippen LogP contribution is 2.19. The van der Waals surface area contributed by atoms with Crippen molar-refractivity contribution >= 4 is 11.6 Å². The van der Waals surface area contributed by atoms with Gasteiger partial charge in [-0.2, -0.15) is 0 Å². The molecule has 4 heteroatoms. The van der Waals surface area contributed by atoms with Crippen LogP contribution >= 0.6 is 11.6 Å². The summed E-state index contributed by atoms with van der Waals surface area (Å²) in [5.74, 6) is 0. The lowest BCUT2D eigenvalue weighted by Crippen LogP contribution is -2.31. The molecule has 0 radical (unpaired) electrons. The molecule has 2 rings (SSSR count). The van der Waals surface area contributed by atoms with Gasteiger partial charge in [-0.25, -0.2) is 0 Å². The molecule has 0 aromatic heterocycles. The maximum Gasteiger partial charge on any atom is 0.0454 e. The number of hydrogen-bond acceptors (Lipinski definition) is 3. The van der Waals surface area contributed by atoms with Crippen LogP contribution in [-0.4, -0.2) is 43.0 Å². The zero-order chi connectivity index (χ0) is 13.7. The molecule has 1 aromatic rings. The topological polar surface area (TPSA) is 32.5 Å². The van der Waals surface area contributed by atoms with Crippen molar-refractivity contribution in [3.05, 3.63) is 34.3 Å². The Morgan fingerprint density at radius 2 is 2.05 bits per heavy atom. The van der Waals surface area contributed by atoms with Gasteiger partial charge >= 0.3 is 0 Å². The predicted octanol–water partition coefficient (Wildman–Crippen LogP) is 2.33. The summed E-state index contributed by atoms with van der Waals surface area (Å²) in [6.45, 7) is 6.23. The highest BCUT2D eigenvalue weighted by molar-refractivity contribution is 6.31. The van der Waals surface area contributed by atoms with Crippen LogP contribution in [0.15, 0.2) is 18.2 Å². The van der Waals surface area contributed by atoms with Crippen molar-refractivity contribution in [3.8, 4) is 0 Å². The number of rotatable bonds is 6. The minimum absolute atomic E-state index is 0.546. The number of benzene rings is 1. The first kappa shape index (κ1) is 14.8. The maximum absolute atomic E-state index is 6.29.